The summed E-state index contributed by atoms with van der Waals surface area (Å²) < 4.78 is 6.57. The van der Waals surface area contributed by atoms with E-state index in [4.69, 9.17) is 10.5 Å². The van der Waals surface area contributed by atoms with Gasteiger partial charge in [0, 0.05) is 54.6 Å². The minimum absolute atomic E-state index is 0.00189. The summed E-state index contributed by atoms with van der Waals surface area (Å²) in [6.07, 6.45) is 14.3. The van der Waals surface area contributed by atoms with E-state index in [2.05, 4.69) is 56.5 Å². The number of fused-ring (bicyclic) bond motifs is 4. The summed E-state index contributed by atoms with van der Waals surface area (Å²) in [5.74, 6) is 1.18. The number of β-amino-alcohol motifs (C(OH)–C–C–N with tert-alkyl or cyclic N) is 1. The topological polar surface area (TPSA) is 178 Å². The van der Waals surface area contributed by atoms with Gasteiger partial charge in [-0.25, -0.2) is 0 Å². The van der Waals surface area contributed by atoms with E-state index in [1.807, 2.05) is 32.2 Å². The molecule has 7 fully saturated rings. The van der Waals surface area contributed by atoms with Crippen LogP contribution >= 0.6 is 0 Å². The number of benzene rings is 2. The fourth-order valence-corrected chi connectivity index (χ4v) is 18.7. The minimum Gasteiger partial charge on any atom is -0.508 e. The van der Waals surface area contributed by atoms with Crippen molar-refractivity contribution in [1.29, 1.82) is 0 Å². The molecule has 2 aliphatic heterocycles. The number of hydrogen-bond acceptors (Lipinski definition) is 10. The second-order valence-electron chi connectivity index (χ2n) is 25.3. The molecule has 0 amide bonds. The number of carbonyl (C=O) groups is 2. The number of epoxide rings is 1. The summed E-state index contributed by atoms with van der Waals surface area (Å²) in [6.45, 7) is 11.9. The maximum atomic E-state index is 15.9. The number of anilines is 1. The summed E-state index contributed by atoms with van der Waals surface area (Å²) in [4.78, 5) is 31.0. The molecule has 378 valence electrons. The van der Waals surface area contributed by atoms with E-state index in [9.17, 15) is 20.4 Å². The van der Waals surface area contributed by atoms with Crippen molar-refractivity contribution in [3.8, 4) is 5.75 Å². The van der Waals surface area contributed by atoms with E-state index in [-0.39, 0.29) is 65.2 Å². The summed E-state index contributed by atoms with van der Waals surface area (Å²) in [5.41, 5.74) is 8.89. The molecule has 0 bridgehead atoms. The lowest BCUT2D eigenvalue weighted by atomic mass is 9.30. The van der Waals surface area contributed by atoms with Crippen molar-refractivity contribution in [3.05, 3.63) is 70.3 Å². The molecular weight excluding hydrogens is 863 g/mol. The highest BCUT2D eigenvalue weighted by molar-refractivity contribution is 6.00. The van der Waals surface area contributed by atoms with Crippen LogP contribution in [0.5, 0.6) is 5.75 Å². The molecule has 0 radical (unpaired) electrons. The Morgan fingerprint density at radius 3 is 2.43 bits per heavy atom. The second-order valence-corrected chi connectivity index (χ2v) is 25.3. The zero-order chi connectivity index (χ0) is 48.9. The Labute approximate surface area is 412 Å². The molecule has 2 aromatic carbocycles. The number of phenols is 1. The monoisotopic (exact) mass is 948 g/mol. The zero-order valence-electron chi connectivity index (χ0n) is 42.8. The lowest BCUT2D eigenvalue weighted by Crippen LogP contribution is -2.73. The average molecular weight is 948 g/mol. The molecule has 2 aromatic rings. The first-order valence-electron chi connectivity index (χ1n) is 27.4. The quantitative estimate of drug-likeness (QED) is 0.0802. The maximum Gasteiger partial charge on any atom is 0.159 e. The van der Waals surface area contributed by atoms with Gasteiger partial charge in [0.05, 0.1) is 17.3 Å². The Balaban J connectivity index is 1.05. The van der Waals surface area contributed by atoms with Gasteiger partial charge in [0.25, 0.3) is 0 Å². The van der Waals surface area contributed by atoms with Crippen molar-refractivity contribution in [2.75, 3.05) is 25.9 Å². The van der Waals surface area contributed by atoms with E-state index in [0.717, 1.165) is 106 Å². The fourth-order valence-electron chi connectivity index (χ4n) is 18.7. The molecule has 0 spiro atoms. The smallest absolute Gasteiger partial charge is 0.159 e. The third-order valence-corrected chi connectivity index (χ3v) is 21.4. The summed E-state index contributed by atoms with van der Waals surface area (Å²) in [6, 6.07) is 13.9. The number of nitrogens with one attached hydrogen (secondary N) is 2. The Morgan fingerprint density at radius 1 is 0.928 bits per heavy atom. The molecule has 15 unspecified atom stereocenters. The highest BCUT2D eigenvalue weighted by atomic mass is 16.6. The molecule has 10 heteroatoms. The Bertz CT molecular complexity index is 2320. The van der Waals surface area contributed by atoms with Crippen LogP contribution in [-0.4, -0.2) is 81.6 Å². The van der Waals surface area contributed by atoms with E-state index in [1.165, 1.54) is 11.1 Å². The minimum atomic E-state index is -0.916. The van der Waals surface area contributed by atoms with E-state index in [1.54, 1.807) is 6.07 Å². The fraction of sp³-hybridized carbons (Fsp3) is 0.729. The van der Waals surface area contributed by atoms with Crippen molar-refractivity contribution in [2.45, 2.75) is 198 Å². The molecule has 8 aliphatic rings. The number of aromatic hydroxyl groups is 1. The molecule has 2 saturated heterocycles. The SMILES string of the molecule is CNCc1cc(O)cc(C2CC3(C4CCCC4)C4C(CC5(CCO)C3CCC3=C(C(C)CC(O)C6OC6(C)C6CCCC6c6cccc(N)c6)C(=O)CC35C)NCC(C)(O)CCCCC4(C)C2=O)c1. The summed E-state index contributed by atoms with van der Waals surface area (Å²) >= 11 is 0. The normalized spacial score (nSPS) is 42.2. The number of hydrogen-bond donors (Lipinski definition) is 7. The largest absolute Gasteiger partial charge is 0.508 e. The van der Waals surface area contributed by atoms with Gasteiger partial charge in [-0.15, -0.1) is 0 Å². The predicted molar refractivity (Wildman–Crippen MR) is 270 cm³/mol. The first-order chi connectivity index (χ1) is 32.9. The number of ether oxygens (including phenoxy) is 1. The molecule has 15 atom stereocenters. The van der Waals surface area contributed by atoms with Gasteiger partial charge in [0.15, 0.2) is 5.78 Å². The predicted octanol–water partition coefficient (Wildman–Crippen LogP) is 9.42. The number of nitrogen functional groups attached to an aromatic ring is 1. The van der Waals surface area contributed by atoms with E-state index in [0.29, 0.717) is 57.0 Å². The van der Waals surface area contributed by atoms with Crippen LogP contribution in [0.25, 0.3) is 0 Å². The molecule has 0 aromatic heterocycles. The first-order valence-corrected chi connectivity index (χ1v) is 27.4. The van der Waals surface area contributed by atoms with Crippen molar-refractivity contribution in [3.63, 3.8) is 0 Å². The van der Waals surface area contributed by atoms with Gasteiger partial charge in [0.1, 0.15) is 17.6 Å². The van der Waals surface area contributed by atoms with Crippen LogP contribution in [0.3, 0.4) is 0 Å². The summed E-state index contributed by atoms with van der Waals surface area (Å²) in [7, 11) is 1.91. The van der Waals surface area contributed by atoms with Gasteiger partial charge in [0.2, 0.25) is 0 Å². The number of ketones is 2. The van der Waals surface area contributed by atoms with Gasteiger partial charge in [-0.05, 0) is 191 Å². The molecule has 10 nitrogen and oxygen atoms in total. The first kappa shape index (κ1) is 49.5. The zero-order valence-corrected chi connectivity index (χ0v) is 42.8. The van der Waals surface area contributed by atoms with Gasteiger partial charge >= 0.3 is 0 Å². The number of aliphatic hydroxyl groups excluding tert-OH is 2. The lowest BCUT2D eigenvalue weighted by molar-refractivity contribution is -0.231. The van der Waals surface area contributed by atoms with Crippen LogP contribution in [0.15, 0.2) is 53.6 Å². The molecule has 10 rings (SSSR count). The van der Waals surface area contributed by atoms with E-state index < -0.39 is 39.5 Å². The van der Waals surface area contributed by atoms with Crippen LogP contribution in [0.4, 0.5) is 5.69 Å². The van der Waals surface area contributed by atoms with Crippen molar-refractivity contribution < 1.29 is 34.8 Å². The van der Waals surface area contributed by atoms with Crippen LogP contribution in [0.1, 0.15) is 179 Å². The van der Waals surface area contributed by atoms with Crippen LogP contribution < -0.4 is 16.4 Å². The number of allylic oxidation sites excluding steroid dienone is 2. The van der Waals surface area contributed by atoms with E-state index >= 15 is 9.59 Å². The Kier molecular flexibility index (Phi) is 13.0. The Hall–Kier alpha value is -3.12. The molecule has 2 heterocycles. The lowest BCUT2D eigenvalue weighted by Gasteiger charge is -2.74. The number of Topliss-reactive ketones (excluding diaryl/α,β-unsaturated/α-hetero) is 2. The van der Waals surface area contributed by atoms with Crippen molar-refractivity contribution in [1.82, 2.24) is 10.6 Å². The van der Waals surface area contributed by atoms with Crippen LogP contribution in [-0.2, 0) is 20.9 Å². The van der Waals surface area contributed by atoms with Gasteiger partial charge in [-0.3, -0.25) is 9.59 Å². The third kappa shape index (κ3) is 7.93. The number of carbonyl (C=O) groups excluding carboxylic acids is 2. The Morgan fingerprint density at radius 2 is 1.70 bits per heavy atom. The van der Waals surface area contributed by atoms with Crippen molar-refractivity contribution in [2.24, 2.45) is 51.2 Å². The second kappa shape index (κ2) is 18.1. The molecule has 69 heavy (non-hydrogen) atoms. The highest BCUT2D eigenvalue weighted by Gasteiger charge is 2.75. The maximum absolute atomic E-state index is 15.9. The number of phenolic OH excluding ortho intramolecular Hbond substituents is 1. The van der Waals surface area contributed by atoms with Gasteiger partial charge in [-0.2, -0.15) is 0 Å². The standard InChI is InChI=1S/C59H85N3O7/c1-35(25-47(65)53-57(5,69-53)44-18-12-17-42(44)37-13-11-16-40(60)28-37)50-45-19-20-49-58(23-24-63,56(45,4)32-48(50)66)31-46-51-55(3,22-10-9-21-54(2,68)34-62-46)52(67)43(30-59(49,51)39-14-7-8-15-39)38-26-36(33-61-6)27-41(64)29-38/h11,13,16,26-29,35,39,42-44,46-47,49,51,53,61-65,68H,7-10,12,14-15,17-25,30-34,60H2,1-6H3. The third-order valence-electron chi connectivity index (χ3n) is 21.4. The van der Waals surface area contributed by atoms with Gasteiger partial charge in [-0.1, -0.05) is 76.6 Å². The molecule has 5 saturated carbocycles. The number of aliphatic hydroxyl groups is 3. The summed E-state index contributed by atoms with van der Waals surface area (Å²) in [5, 5.41) is 54.2. The van der Waals surface area contributed by atoms with Crippen LogP contribution in [0.2, 0.25) is 0 Å². The molecular formula is C59H85N3O7. The highest BCUT2D eigenvalue weighted by Crippen LogP contribution is 2.79. The van der Waals surface area contributed by atoms with Gasteiger partial charge < -0.3 is 41.5 Å². The molecule has 6 aliphatic carbocycles. The number of rotatable bonds is 12. The number of nitrogens with two attached hydrogens (primary N) is 1. The average Bonchev–Trinajstić information content (AvgIpc) is 3.73. The molecule has 8 N–H and O–H groups in total. The van der Waals surface area contributed by atoms with Crippen molar-refractivity contribution >= 4 is 17.3 Å². The van der Waals surface area contributed by atoms with Crippen LogP contribution in [0, 0.1) is 51.2 Å².